The van der Waals surface area contributed by atoms with Gasteiger partial charge in [-0.25, -0.2) is 0 Å². The van der Waals surface area contributed by atoms with Crippen molar-refractivity contribution in [2.75, 3.05) is 13.1 Å². The highest BCUT2D eigenvalue weighted by molar-refractivity contribution is 5.95. The fraction of sp³-hybridized carbons (Fsp3) is 0.500. The maximum absolute atomic E-state index is 11.9. The monoisotopic (exact) mass is 193 g/mol. The summed E-state index contributed by atoms with van der Waals surface area (Å²) in [6, 6.07) is 0.151. The second kappa shape index (κ2) is 3.46. The molecule has 0 aromatic carbocycles. The molecule has 1 aromatic rings. The van der Waals surface area contributed by atoms with E-state index in [4.69, 9.17) is 5.73 Å². The molecule has 3 N–H and O–H groups in total. The minimum Gasteiger partial charge on any atom is -0.367 e. The maximum Gasteiger partial charge on any atom is 0.255 e. The number of rotatable bonds is 1. The fourth-order valence-corrected chi connectivity index (χ4v) is 1.81. The van der Waals surface area contributed by atoms with Crippen LogP contribution >= 0.6 is 0 Å². The van der Waals surface area contributed by atoms with Gasteiger partial charge in [0.1, 0.15) is 0 Å². The summed E-state index contributed by atoms with van der Waals surface area (Å²) in [5.41, 5.74) is 7.51. The lowest BCUT2D eigenvalue weighted by Crippen LogP contribution is -2.31. The summed E-state index contributed by atoms with van der Waals surface area (Å²) in [5.74, 6) is 0.0942. The number of carbonyl (C=O) groups is 1. The molecule has 76 valence electrons. The van der Waals surface area contributed by atoms with Gasteiger partial charge in [0.2, 0.25) is 0 Å². The summed E-state index contributed by atoms with van der Waals surface area (Å²) in [6.07, 6.45) is 4.50. The molecule has 1 aromatic heterocycles. The molecule has 1 fully saturated rings. The number of nitrogens with zero attached hydrogens (tertiary/aromatic N) is 1. The minimum absolute atomic E-state index is 0.0942. The first-order chi connectivity index (χ1) is 6.68. The largest absolute Gasteiger partial charge is 0.367 e. The second-order valence-electron chi connectivity index (χ2n) is 3.85. The zero-order valence-corrected chi connectivity index (χ0v) is 8.29. The van der Waals surface area contributed by atoms with Gasteiger partial charge in [0.15, 0.2) is 0 Å². The number of hydrogen-bond acceptors (Lipinski definition) is 2. The molecule has 0 aliphatic carbocycles. The zero-order valence-electron chi connectivity index (χ0n) is 8.29. The van der Waals surface area contributed by atoms with Gasteiger partial charge in [0.05, 0.1) is 5.56 Å². The summed E-state index contributed by atoms with van der Waals surface area (Å²) in [6.45, 7) is 3.40. The smallest absolute Gasteiger partial charge is 0.255 e. The average Bonchev–Trinajstić information content (AvgIpc) is 2.73. The first-order valence-electron chi connectivity index (χ1n) is 4.86. The van der Waals surface area contributed by atoms with Gasteiger partial charge in [0, 0.05) is 31.5 Å². The molecule has 0 bridgehead atoms. The van der Waals surface area contributed by atoms with Crippen LogP contribution < -0.4 is 5.73 Å². The van der Waals surface area contributed by atoms with Crippen LogP contribution in [0.25, 0.3) is 0 Å². The number of aryl methyl sites for hydroxylation is 1. The predicted octanol–water partition coefficient (Wildman–Crippen LogP) is 0.496. The number of likely N-dealkylation sites (tertiary alicyclic amines) is 1. The molecule has 2 rings (SSSR count). The van der Waals surface area contributed by atoms with E-state index in [2.05, 4.69) is 4.98 Å². The summed E-state index contributed by atoms with van der Waals surface area (Å²) >= 11 is 0. The van der Waals surface area contributed by atoms with Crippen molar-refractivity contribution in [2.24, 2.45) is 5.73 Å². The van der Waals surface area contributed by atoms with E-state index in [-0.39, 0.29) is 11.9 Å². The van der Waals surface area contributed by atoms with Gasteiger partial charge in [-0.05, 0) is 18.9 Å². The molecule has 14 heavy (non-hydrogen) atoms. The van der Waals surface area contributed by atoms with E-state index in [1.165, 1.54) is 0 Å². The Morgan fingerprint density at radius 3 is 2.93 bits per heavy atom. The Morgan fingerprint density at radius 1 is 1.64 bits per heavy atom. The summed E-state index contributed by atoms with van der Waals surface area (Å²) in [7, 11) is 0. The Morgan fingerprint density at radius 2 is 2.43 bits per heavy atom. The molecule has 1 saturated heterocycles. The van der Waals surface area contributed by atoms with E-state index in [1.807, 2.05) is 18.0 Å². The Balaban J connectivity index is 2.13. The quantitative estimate of drug-likeness (QED) is 0.682. The number of amides is 1. The van der Waals surface area contributed by atoms with Crippen LogP contribution in [0.4, 0.5) is 0 Å². The van der Waals surface area contributed by atoms with E-state index >= 15 is 0 Å². The summed E-state index contributed by atoms with van der Waals surface area (Å²) in [5, 5.41) is 0. The second-order valence-corrected chi connectivity index (χ2v) is 3.85. The Hall–Kier alpha value is -1.29. The Kier molecular flexibility index (Phi) is 2.29. The number of carbonyl (C=O) groups excluding carboxylic acids is 1. The van der Waals surface area contributed by atoms with Gasteiger partial charge in [-0.3, -0.25) is 4.79 Å². The van der Waals surface area contributed by atoms with E-state index in [9.17, 15) is 4.79 Å². The lowest BCUT2D eigenvalue weighted by atomic mass is 10.2. The first kappa shape index (κ1) is 9.27. The molecule has 1 amide bonds. The normalized spacial score (nSPS) is 21.6. The predicted molar refractivity (Wildman–Crippen MR) is 54.0 cm³/mol. The van der Waals surface area contributed by atoms with Gasteiger partial charge < -0.3 is 15.6 Å². The number of nitrogens with one attached hydrogen (secondary N) is 1. The SMILES string of the molecule is Cc1c[nH]cc1C(=O)N1CC[C@@H](N)C1. The lowest BCUT2D eigenvalue weighted by Gasteiger charge is -2.15. The minimum atomic E-state index is 0.0942. The number of aromatic nitrogens is 1. The molecule has 4 heteroatoms. The topological polar surface area (TPSA) is 62.1 Å². The fourth-order valence-electron chi connectivity index (χ4n) is 1.81. The third kappa shape index (κ3) is 1.53. The van der Waals surface area contributed by atoms with Crippen LogP contribution in [0, 0.1) is 6.92 Å². The highest BCUT2D eigenvalue weighted by atomic mass is 16.2. The van der Waals surface area contributed by atoms with Crippen LogP contribution in [0.5, 0.6) is 0 Å². The van der Waals surface area contributed by atoms with Crippen molar-refractivity contribution in [3.05, 3.63) is 23.5 Å². The molecule has 0 spiro atoms. The third-order valence-corrected chi connectivity index (χ3v) is 2.69. The van der Waals surface area contributed by atoms with Crippen molar-refractivity contribution in [3.8, 4) is 0 Å². The molecule has 1 aliphatic heterocycles. The number of hydrogen-bond donors (Lipinski definition) is 2. The van der Waals surface area contributed by atoms with Crippen LogP contribution in [0.15, 0.2) is 12.4 Å². The zero-order chi connectivity index (χ0) is 10.1. The van der Waals surface area contributed by atoms with Crippen LogP contribution in [-0.4, -0.2) is 34.9 Å². The van der Waals surface area contributed by atoms with Crippen molar-refractivity contribution in [1.29, 1.82) is 0 Å². The highest BCUT2D eigenvalue weighted by Crippen LogP contribution is 2.14. The van der Waals surface area contributed by atoms with Crippen molar-refractivity contribution in [3.63, 3.8) is 0 Å². The van der Waals surface area contributed by atoms with Gasteiger partial charge in [-0.1, -0.05) is 0 Å². The lowest BCUT2D eigenvalue weighted by molar-refractivity contribution is 0.0790. The van der Waals surface area contributed by atoms with Gasteiger partial charge in [-0.15, -0.1) is 0 Å². The molecule has 4 nitrogen and oxygen atoms in total. The molecular weight excluding hydrogens is 178 g/mol. The van der Waals surface area contributed by atoms with Gasteiger partial charge in [-0.2, -0.15) is 0 Å². The highest BCUT2D eigenvalue weighted by Gasteiger charge is 2.25. The van der Waals surface area contributed by atoms with Crippen LogP contribution in [0.3, 0.4) is 0 Å². The summed E-state index contributed by atoms with van der Waals surface area (Å²) < 4.78 is 0. The van der Waals surface area contributed by atoms with E-state index in [0.29, 0.717) is 6.54 Å². The molecule has 1 aliphatic rings. The molecule has 0 saturated carbocycles. The van der Waals surface area contributed by atoms with Gasteiger partial charge in [0.25, 0.3) is 5.91 Å². The maximum atomic E-state index is 11.9. The summed E-state index contributed by atoms with van der Waals surface area (Å²) in [4.78, 5) is 16.7. The molecule has 1 atom stereocenters. The van der Waals surface area contributed by atoms with Gasteiger partial charge >= 0.3 is 0 Å². The van der Waals surface area contributed by atoms with Crippen molar-refractivity contribution in [2.45, 2.75) is 19.4 Å². The molecule has 0 radical (unpaired) electrons. The van der Waals surface area contributed by atoms with E-state index in [0.717, 1.165) is 24.1 Å². The third-order valence-electron chi connectivity index (χ3n) is 2.69. The first-order valence-corrected chi connectivity index (χ1v) is 4.86. The molecule has 0 unspecified atom stereocenters. The van der Waals surface area contributed by atoms with E-state index in [1.54, 1.807) is 6.20 Å². The average molecular weight is 193 g/mol. The Labute approximate surface area is 83.1 Å². The number of nitrogens with two attached hydrogens (primary N) is 1. The van der Waals surface area contributed by atoms with Crippen molar-refractivity contribution >= 4 is 5.91 Å². The van der Waals surface area contributed by atoms with Crippen LogP contribution in [0.2, 0.25) is 0 Å². The van der Waals surface area contributed by atoms with Crippen LogP contribution in [-0.2, 0) is 0 Å². The number of H-pyrrole nitrogens is 1. The molecular formula is C10H15N3O. The van der Waals surface area contributed by atoms with Crippen molar-refractivity contribution in [1.82, 2.24) is 9.88 Å². The standard InChI is InChI=1S/C10H15N3O/c1-7-4-12-5-9(7)10(14)13-3-2-8(11)6-13/h4-5,8,12H,2-3,6,11H2,1H3/t8-/m1/s1. The number of aromatic amines is 1. The van der Waals surface area contributed by atoms with E-state index < -0.39 is 0 Å². The van der Waals surface area contributed by atoms with Crippen molar-refractivity contribution < 1.29 is 4.79 Å². The molecule has 2 heterocycles. The Bertz CT molecular complexity index is 345. The van der Waals surface area contributed by atoms with Crippen LogP contribution in [0.1, 0.15) is 22.3 Å².